The minimum absolute atomic E-state index is 0.201. The second-order valence-corrected chi connectivity index (χ2v) is 3.39. The van der Waals surface area contributed by atoms with E-state index in [1.165, 1.54) is 18.6 Å². The Morgan fingerprint density at radius 2 is 1.94 bits per heavy atom. The molecule has 2 aromatic rings. The predicted molar refractivity (Wildman–Crippen MR) is 55.4 cm³/mol. The molecule has 0 saturated carbocycles. The van der Waals surface area contributed by atoms with Gasteiger partial charge in [0.25, 0.3) is 0 Å². The molecule has 0 unspecified atom stereocenters. The van der Waals surface area contributed by atoms with Gasteiger partial charge in [0.1, 0.15) is 5.76 Å². The highest BCUT2D eigenvalue weighted by Crippen LogP contribution is 2.13. The average molecular weight is 218 g/mol. The molecular weight excluding hydrogens is 208 g/mol. The summed E-state index contributed by atoms with van der Waals surface area (Å²) in [6, 6.07) is 4.71. The van der Waals surface area contributed by atoms with Gasteiger partial charge in [0.05, 0.1) is 24.5 Å². The van der Waals surface area contributed by atoms with Gasteiger partial charge in [-0.05, 0) is 25.1 Å². The Bertz CT molecular complexity index is 505. The lowest BCUT2D eigenvalue weighted by Gasteiger charge is -1.96. The first-order valence-corrected chi connectivity index (χ1v) is 4.82. The third kappa shape index (κ3) is 1.95. The van der Waals surface area contributed by atoms with Crippen LogP contribution in [0, 0.1) is 6.92 Å². The van der Waals surface area contributed by atoms with Gasteiger partial charge in [-0.3, -0.25) is 9.59 Å². The van der Waals surface area contributed by atoms with Crippen LogP contribution in [0.4, 0.5) is 0 Å². The minimum atomic E-state index is -0.324. The van der Waals surface area contributed by atoms with Crippen molar-refractivity contribution >= 4 is 11.6 Å². The SMILES string of the molecule is Cc1occc1C(=O)CC(=O)c1ccco1. The zero-order chi connectivity index (χ0) is 11.5. The van der Waals surface area contributed by atoms with Crippen molar-refractivity contribution in [2.24, 2.45) is 0 Å². The minimum Gasteiger partial charge on any atom is -0.469 e. The monoisotopic (exact) mass is 218 g/mol. The summed E-state index contributed by atoms with van der Waals surface area (Å²) in [5.41, 5.74) is 0.444. The molecule has 0 N–H and O–H groups in total. The maximum absolute atomic E-state index is 11.7. The Kier molecular flexibility index (Phi) is 2.72. The number of hydrogen-bond donors (Lipinski definition) is 0. The topological polar surface area (TPSA) is 60.4 Å². The van der Waals surface area contributed by atoms with E-state index in [1.54, 1.807) is 19.1 Å². The smallest absolute Gasteiger partial charge is 0.205 e. The van der Waals surface area contributed by atoms with E-state index in [1.807, 2.05) is 0 Å². The molecule has 2 heterocycles. The summed E-state index contributed by atoms with van der Waals surface area (Å²) in [6.07, 6.45) is 2.63. The van der Waals surface area contributed by atoms with Crippen LogP contribution in [0.2, 0.25) is 0 Å². The molecule has 2 rings (SSSR count). The molecule has 82 valence electrons. The fraction of sp³-hybridized carbons (Fsp3) is 0.167. The Hall–Kier alpha value is -2.10. The number of hydrogen-bond acceptors (Lipinski definition) is 4. The van der Waals surface area contributed by atoms with Crippen molar-refractivity contribution in [3.05, 3.63) is 47.8 Å². The van der Waals surface area contributed by atoms with Crippen LogP contribution in [0.1, 0.15) is 33.1 Å². The van der Waals surface area contributed by atoms with E-state index < -0.39 is 0 Å². The molecule has 0 atom stereocenters. The van der Waals surface area contributed by atoms with Crippen LogP contribution in [-0.4, -0.2) is 11.6 Å². The highest BCUT2D eigenvalue weighted by molar-refractivity contribution is 6.12. The standard InChI is InChI=1S/C12H10O4/c1-8-9(4-6-15-8)10(13)7-11(14)12-3-2-5-16-12/h2-6H,7H2,1H3. The number of furan rings is 2. The number of carbonyl (C=O) groups is 2. The van der Waals surface area contributed by atoms with E-state index in [-0.39, 0.29) is 23.7 Å². The molecule has 0 aliphatic carbocycles. The van der Waals surface area contributed by atoms with Crippen LogP contribution < -0.4 is 0 Å². The first-order chi connectivity index (χ1) is 7.68. The van der Waals surface area contributed by atoms with Crippen LogP contribution in [0.25, 0.3) is 0 Å². The first-order valence-electron chi connectivity index (χ1n) is 4.82. The molecule has 2 aromatic heterocycles. The fourth-order valence-corrected chi connectivity index (χ4v) is 1.44. The summed E-state index contributed by atoms with van der Waals surface area (Å²) in [6.45, 7) is 1.69. The zero-order valence-corrected chi connectivity index (χ0v) is 8.73. The molecule has 0 radical (unpaired) electrons. The van der Waals surface area contributed by atoms with E-state index in [9.17, 15) is 9.59 Å². The highest BCUT2D eigenvalue weighted by atomic mass is 16.3. The molecular formula is C12H10O4. The van der Waals surface area contributed by atoms with Crippen LogP contribution in [0.15, 0.2) is 39.6 Å². The quantitative estimate of drug-likeness (QED) is 0.584. The molecule has 0 aromatic carbocycles. The summed E-state index contributed by atoms with van der Waals surface area (Å²) >= 11 is 0. The Balaban J connectivity index is 2.09. The largest absolute Gasteiger partial charge is 0.469 e. The van der Waals surface area contributed by atoms with Gasteiger partial charge < -0.3 is 8.83 Å². The Morgan fingerprint density at radius 3 is 2.50 bits per heavy atom. The third-order valence-electron chi connectivity index (χ3n) is 2.28. The summed E-state index contributed by atoms with van der Waals surface area (Å²) in [5.74, 6) is 0.148. The van der Waals surface area contributed by atoms with Gasteiger partial charge in [-0.1, -0.05) is 0 Å². The van der Waals surface area contributed by atoms with E-state index in [0.29, 0.717) is 11.3 Å². The average Bonchev–Trinajstić information content (AvgIpc) is 2.86. The molecule has 4 heteroatoms. The lowest BCUT2D eigenvalue weighted by molar-refractivity contribution is 0.0877. The van der Waals surface area contributed by atoms with Crippen molar-refractivity contribution in [3.63, 3.8) is 0 Å². The van der Waals surface area contributed by atoms with E-state index in [2.05, 4.69) is 0 Å². The molecule has 0 spiro atoms. The van der Waals surface area contributed by atoms with Crippen molar-refractivity contribution in [1.82, 2.24) is 0 Å². The normalized spacial score (nSPS) is 10.3. The molecule has 0 aliphatic heterocycles. The van der Waals surface area contributed by atoms with Crippen LogP contribution in [0.3, 0.4) is 0 Å². The van der Waals surface area contributed by atoms with Gasteiger partial charge in [-0.2, -0.15) is 0 Å². The number of Topliss-reactive ketones (excluding diaryl/α,β-unsaturated/α-hetero) is 2. The number of aryl methyl sites for hydroxylation is 1. The Morgan fingerprint density at radius 1 is 1.12 bits per heavy atom. The van der Waals surface area contributed by atoms with Crippen LogP contribution >= 0.6 is 0 Å². The van der Waals surface area contributed by atoms with Crippen molar-refractivity contribution in [3.8, 4) is 0 Å². The maximum atomic E-state index is 11.7. The third-order valence-corrected chi connectivity index (χ3v) is 2.28. The van der Waals surface area contributed by atoms with Gasteiger partial charge in [0.2, 0.25) is 5.78 Å². The molecule has 0 amide bonds. The van der Waals surface area contributed by atoms with Gasteiger partial charge >= 0.3 is 0 Å². The van der Waals surface area contributed by atoms with E-state index in [4.69, 9.17) is 8.83 Å². The second kappa shape index (κ2) is 4.18. The molecule has 0 aliphatic rings. The van der Waals surface area contributed by atoms with Crippen LogP contribution in [-0.2, 0) is 0 Å². The lowest BCUT2D eigenvalue weighted by Crippen LogP contribution is -2.08. The lowest BCUT2D eigenvalue weighted by atomic mass is 10.1. The summed E-state index contributed by atoms with van der Waals surface area (Å²) < 4.78 is 9.92. The number of rotatable bonds is 4. The molecule has 0 saturated heterocycles. The van der Waals surface area contributed by atoms with Gasteiger partial charge in [-0.25, -0.2) is 0 Å². The number of carbonyl (C=O) groups excluding carboxylic acids is 2. The molecule has 16 heavy (non-hydrogen) atoms. The van der Waals surface area contributed by atoms with Gasteiger partial charge in [0, 0.05) is 0 Å². The van der Waals surface area contributed by atoms with Crippen molar-refractivity contribution in [1.29, 1.82) is 0 Å². The second-order valence-electron chi connectivity index (χ2n) is 3.39. The Labute approximate surface area is 91.9 Å². The summed E-state index contributed by atoms with van der Waals surface area (Å²) in [5, 5.41) is 0. The van der Waals surface area contributed by atoms with E-state index >= 15 is 0 Å². The zero-order valence-electron chi connectivity index (χ0n) is 8.73. The summed E-state index contributed by atoms with van der Waals surface area (Å²) in [7, 11) is 0. The fourth-order valence-electron chi connectivity index (χ4n) is 1.44. The van der Waals surface area contributed by atoms with Crippen LogP contribution in [0.5, 0.6) is 0 Å². The predicted octanol–water partition coefficient (Wildman–Crippen LogP) is 2.64. The molecule has 0 fully saturated rings. The maximum Gasteiger partial charge on any atom is 0.205 e. The van der Waals surface area contributed by atoms with Crippen molar-refractivity contribution in [2.75, 3.05) is 0 Å². The van der Waals surface area contributed by atoms with Crippen molar-refractivity contribution < 1.29 is 18.4 Å². The van der Waals surface area contributed by atoms with Gasteiger partial charge in [-0.15, -0.1) is 0 Å². The highest BCUT2D eigenvalue weighted by Gasteiger charge is 2.18. The summed E-state index contributed by atoms with van der Waals surface area (Å²) in [4.78, 5) is 23.3. The molecule has 0 bridgehead atoms. The van der Waals surface area contributed by atoms with E-state index in [0.717, 1.165) is 0 Å². The first kappa shape index (κ1) is 10.4. The molecule has 4 nitrogen and oxygen atoms in total. The van der Waals surface area contributed by atoms with Crippen molar-refractivity contribution in [2.45, 2.75) is 13.3 Å². The van der Waals surface area contributed by atoms with Gasteiger partial charge in [0.15, 0.2) is 11.5 Å². The number of ketones is 2.